The highest BCUT2D eigenvalue weighted by atomic mass is 35.5. The van der Waals surface area contributed by atoms with Gasteiger partial charge in [-0.05, 0) is 61.2 Å². The van der Waals surface area contributed by atoms with Crippen LogP contribution in [-0.4, -0.2) is 11.8 Å². The van der Waals surface area contributed by atoms with Gasteiger partial charge in [-0.25, -0.2) is 0 Å². The molecule has 6 heteroatoms. The predicted octanol–water partition coefficient (Wildman–Crippen LogP) is 3.79. The SMILES string of the molecule is Cc1cc(OCc2ccc(C(=O)NNC(=O)C3CCC3)cc2)ccc1Cl. The van der Waals surface area contributed by atoms with Crippen LogP contribution in [0.2, 0.25) is 5.02 Å². The molecular formula is C20H21ClN2O3. The van der Waals surface area contributed by atoms with E-state index in [0.29, 0.717) is 17.2 Å². The number of halogens is 1. The van der Waals surface area contributed by atoms with Crippen LogP contribution in [0.4, 0.5) is 0 Å². The Hall–Kier alpha value is -2.53. The fourth-order valence-corrected chi connectivity index (χ4v) is 2.71. The molecule has 2 aromatic carbocycles. The minimum atomic E-state index is -0.335. The van der Waals surface area contributed by atoms with Crippen LogP contribution >= 0.6 is 11.6 Å². The number of carbonyl (C=O) groups is 2. The zero-order valence-electron chi connectivity index (χ0n) is 14.5. The molecule has 5 nitrogen and oxygen atoms in total. The Morgan fingerprint density at radius 2 is 1.85 bits per heavy atom. The van der Waals surface area contributed by atoms with Crippen molar-refractivity contribution in [2.24, 2.45) is 5.92 Å². The van der Waals surface area contributed by atoms with Gasteiger partial charge in [0.2, 0.25) is 5.91 Å². The van der Waals surface area contributed by atoms with Crippen LogP contribution in [0.15, 0.2) is 42.5 Å². The van der Waals surface area contributed by atoms with Crippen LogP contribution in [0.3, 0.4) is 0 Å². The molecule has 0 radical (unpaired) electrons. The summed E-state index contributed by atoms with van der Waals surface area (Å²) in [6.07, 6.45) is 2.86. The fourth-order valence-electron chi connectivity index (χ4n) is 2.59. The van der Waals surface area contributed by atoms with Crippen LogP contribution in [-0.2, 0) is 11.4 Å². The summed E-state index contributed by atoms with van der Waals surface area (Å²) in [6, 6.07) is 12.6. The van der Waals surface area contributed by atoms with Gasteiger partial charge in [0.25, 0.3) is 5.91 Å². The number of amides is 2. The summed E-state index contributed by atoms with van der Waals surface area (Å²) in [6.45, 7) is 2.31. The van der Waals surface area contributed by atoms with Gasteiger partial charge >= 0.3 is 0 Å². The van der Waals surface area contributed by atoms with Gasteiger partial charge in [-0.15, -0.1) is 0 Å². The molecule has 1 aliphatic rings. The molecule has 1 aliphatic carbocycles. The lowest BCUT2D eigenvalue weighted by molar-refractivity contribution is -0.128. The summed E-state index contributed by atoms with van der Waals surface area (Å²) in [5.74, 6) is 0.324. The highest BCUT2D eigenvalue weighted by Gasteiger charge is 2.25. The van der Waals surface area contributed by atoms with E-state index in [0.717, 1.165) is 36.1 Å². The van der Waals surface area contributed by atoms with E-state index in [9.17, 15) is 9.59 Å². The van der Waals surface area contributed by atoms with Crippen LogP contribution in [0.5, 0.6) is 5.75 Å². The van der Waals surface area contributed by atoms with Crippen molar-refractivity contribution >= 4 is 23.4 Å². The van der Waals surface area contributed by atoms with Gasteiger partial charge in [0.15, 0.2) is 0 Å². The van der Waals surface area contributed by atoms with Gasteiger partial charge in [0.05, 0.1) is 0 Å². The first-order valence-electron chi connectivity index (χ1n) is 8.61. The summed E-state index contributed by atoms with van der Waals surface area (Å²) >= 11 is 6.00. The smallest absolute Gasteiger partial charge is 0.269 e. The van der Waals surface area contributed by atoms with E-state index >= 15 is 0 Å². The molecule has 2 aromatic rings. The first-order chi connectivity index (χ1) is 12.5. The number of benzene rings is 2. The molecule has 2 amide bonds. The molecule has 0 unspecified atom stereocenters. The lowest BCUT2D eigenvalue weighted by atomic mass is 9.85. The van der Waals surface area contributed by atoms with Crippen LogP contribution in [0.1, 0.15) is 40.7 Å². The highest BCUT2D eigenvalue weighted by molar-refractivity contribution is 6.31. The largest absolute Gasteiger partial charge is 0.489 e. The van der Waals surface area contributed by atoms with Crippen molar-refractivity contribution in [3.05, 3.63) is 64.2 Å². The van der Waals surface area contributed by atoms with Crippen molar-refractivity contribution in [1.29, 1.82) is 0 Å². The fraction of sp³-hybridized carbons (Fsp3) is 0.300. The topological polar surface area (TPSA) is 67.4 Å². The Labute approximate surface area is 157 Å². The van der Waals surface area contributed by atoms with Crippen molar-refractivity contribution in [2.75, 3.05) is 0 Å². The van der Waals surface area contributed by atoms with E-state index < -0.39 is 0 Å². The Bertz CT molecular complexity index is 801. The predicted molar refractivity (Wildman–Crippen MR) is 99.9 cm³/mol. The number of carbonyl (C=O) groups excluding carboxylic acids is 2. The lowest BCUT2D eigenvalue weighted by Gasteiger charge is -2.23. The molecule has 0 saturated heterocycles. The molecule has 1 saturated carbocycles. The Morgan fingerprint density at radius 3 is 2.46 bits per heavy atom. The molecule has 3 rings (SSSR count). The number of hydrazine groups is 1. The van der Waals surface area contributed by atoms with Crippen molar-refractivity contribution in [3.8, 4) is 5.75 Å². The molecule has 0 heterocycles. The zero-order chi connectivity index (χ0) is 18.5. The molecule has 0 atom stereocenters. The lowest BCUT2D eigenvalue weighted by Crippen LogP contribution is -2.46. The van der Waals surface area contributed by atoms with Crippen molar-refractivity contribution < 1.29 is 14.3 Å². The Balaban J connectivity index is 1.49. The minimum absolute atomic E-state index is 0.0336. The first kappa shape index (κ1) is 18.3. The third-order valence-corrected chi connectivity index (χ3v) is 4.95. The molecule has 0 spiro atoms. The second-order valence-electron chi connectivity index (χ2n) is 6.47. The number of ether oxygens (including phenoxy) is 1. The first-order valence-corrected chi connectivity index (χ1v) is 8.99. The molecule has 2 N–H and O–H groups in total. The van der Waals surface area contributed by atoms with Gasteiger partial charge in [0.1, 0.15) is 12.4 Å². The molecule has 0 aromatic heterocycles. The van der Waals surface area contributed by atoms with E-state index in [2.05, 4.69) is 10.9 Å². The maximum atomic E-state index is 12.1. The highest BCUT2D eigenvalue weighted by Crippen LogP contribution is 2.26. The average Bonchev–Trinajstić information content (AvgIpc) is 2.59. The Kier molecular flexibility index (Phi) is 5.78. The maximum Gasteiger partial charge on any atom is 0.269 e. The monoisotopic (exact) mass is 372 g/mol. The summed E-state index contributed by atoms with van der Waals surface area (Å²) in [7, 11) is 0. The number of hydrogen-bond donors (Lipinski definition) is 2. The third kappa shape index (κ3) is 4.55. The van der Waals surface area contributed by atoms with Crippen molar-refractivity contribution in [2.45, 2.75) is 32.8 Å². The standard InChI is InChI=1S/C20H21ClN2O3/c1-13-11-17(9-10-18(13)21)26-12-14-5-7-16(8-6-14)20(25)23-22-19(24)15-3-2-4-15/h5-11,15H,2-4,12H2,1H3,(H,22,24)(H,23,25). The second-order valence-corrected chi connectivity index (χ2v) is 6.87. The van der Waals surface area contributed by atoms with Gasteiger partial charge in [-0.1, -0.05) is 30.2 Å². The van der Waals surface area contributed by atoms with Crippen LogP contribution in [0, 0.1) is 12.8 Å². The number of hydrogen-bond acceptors (Lipinski definition) is 3. The summed E-state index contributed by atoms with van der Waals surface area (Å²) in [5.41, 5.74) is 7.31. The van der Waals surface area contributed by atoms with Crippen LogP contribution < -0.4 is 15.6 Å². The number of aryl methyl sites for hydroxylation is 1. The summed E-state index contributed by atoms with van der Waals surface area (Å²) in [4.78, 5) is 23.8. The molecule has 1 fully saturated rings. The zero-order valence-corrected chi connectivity index (χ0v) is 15.3. The quantitative estimate of drug-likeness (QED) is 0.785. The Morgan fingerprint density at radius 1 is 1.12 bits per heavy atom. The van der Waals surface area contributed by atoms with Gasteiger partial charge < -0.3 is 4.74 Å². The normalized spacial score (nSPS) is 13.6. The van der Waals surface area contributed by atoms with Crippen molar-refractivity contribution in [3.63, 3.8) is 0 Å². The average molecular weight is 373 g/mol. The molecule has 0 bridgehead atoms. The molecular weight excluding hydrogens is 352 g/mol. The molecule has 0 aliphatic heterocycles. The number of rotatable bonds is 5. The summed E-state index contributed by atoms with van der Waals surface area (Å²) in [5, 5.41) is 0.706. The number of nitrogens with one attached hydrogen (secondary N) is 2. The van der Waals surface area contributed by atoms with Gasteiger partial charge in [-0.2, -0.15) is 0 Å². The second kappa shape index (κ2) is 8.23. The van der Waals surface area contributed by atoms with E-state index in [1.807, 2.05) is 31.2 Å². The van der Waals surface area contributed by atoms with E-state index in [4.69, 9.17) is 16.3 Å². The summed E-state index contributed by atoms with van der Waals surface area (Å²) < 4.78 is 5.74. The molecule has 26 heavy (non-hydrogen) atoms. The van der Waals surface area contributed by atoms with E-state index in [1.54, 1.807) is 18.2 Å². The van der Waals surface area contributed by atoms with E-state index in [1.165, 1.54) is 0 Å². The third-order valence-electron chi connectivity index (χ3n) is 4.53. The van der Waals surface area contributed by atoms with E-state index in [-0.39, 0.29) is 17.7 Å². The minimum Gasteiger partial charge on any atom is -0.489 e. The van der Waals surface area contributed by atoms with Crippen LogP contribution in [0.25, 0.3) is 0 Å². The van der Waals surface area contributed by atoms with Gasteiger partial charge in [-0.3, -0.25) is 20.4 Å². The molecule has 136 valence electrons. The van der Waals surface area contributed by atoms with Crippen molar-refractivity contribution in [1.82, 2.24) is 10.9 Å². The maximum absolute atomic E-state index is 12.1. The van der Waals surface area contributed by atoms with Gasteiger partial charge in [0, 0.05) is 16.5 Å².